The first-order chi connectivity index (χ1) is 17.7. The molecular formula is C26H29ClFN5O4. The Morgan fingerprint density at radius 1 is 1.30 bits per heavy atom. The molecule has 11 heteroatoms. The predicted octanol–water partition coefficient (Wildman–Crippen LogP) is 2.66. The summed E-state index contributed by atoms with van der Waals surface area (Å²) in [5.74, 6) is -1.11. The molecule has 3 aliphatic rings. The maximum absolute atomic E-state index is 15.0. The van der Waals surface area contributed by atoms with Crippen molar-refractivity contribution in [2.24, 2.45) is 0 Å². The van der Waals surface area contributed by atoms with Crippen LogP contribution in [0.4, 0.5) is 10.2 Å². The van der Waals surface area contributed by atoms with Gasteiger partial charge in [-0.15, -0.1) is 0 Å². The minimum atomic E-state index is -0.696. The van der Waals surface area contributed by atoms with Gasteiger partial charge in [-0.1, -0.05) is 24.2 Å². The number of nitrogens with zero attached hydrogens (tertiary/aromatic N) is 4. The largest absolute Gasteiger partial charge is 0.507 e. The number of halogens is 2. The van der Waals surface area contributed by atoms with Crippen molar-refractivity contribution in [1.82, 2.24) is 20.1 Å². The van der Waals surface area contributed by atoms with Crippen LogP contribution < -0.4 is 15.0 Å². The van der Waals surface area contributed by atoms with Crippen LogP contribution in [0, 0.1) is 5.82 Å². The van der Waals surface area contributed by atoms with Crippen molar-refractivity contribution < 1.29 is 23.8 Å². The Balaban J connectivity index is 1.69. The number of piperazine rings is 2. The zero-order valence-electron chi connectivity index (χ0n) is 20.7. The molecule has 2 N–H and O–H groups in total. The van der Waals surface area contributed by atoms with Gasteiger partial charge in [0.15, 0.2) is 5.75 Å². The van der Waals surface area contributed by atoms with Gasteiger partial charge in [-0.2, -0.15) is 0 Å². The molecule has 0 aliphatic carbocycles. The molecule has 2 saturated heterocycles. The first kappa shape index (κ1) is 25.3. The highest BCUT2D eigenvalue weighted by Gasteiger charge is 2.44. The molecule has 37 heavy (non-hydrogen) atoms. The molecule has 9 nitrogen and oxygen atoms in total. The van der Waals surface area contributed by atoms with Crippen molar-refractivity contribution in [1.29, 1.82) is 0 Å². The number of anilines is 1. The van der Waals surface area contributed by atoms with E-state index >= 15 is 0 Å². The van der Waals surface area contributed by atoms with Crippen molar-refractivity contribution in [3.63, 3.8) is 0 Å². The Kier molecular flexibility index (Phi) is 6.72. The van der Waals surface area contributed by atoms with E-state index in [0.29, 0.717) is 32.0 Å². The summed E-state index contributed by atoms with van der Waals surface area (Å²) in [5.41, 5.74) is 0.0468. The summed E-state index contributed by atoms with van der Waals surface area (Å²) in [5, 5.41) is 13.8. The lowest BCUT2D eigenvalue weighted by atomic mass is 10.0. The minimum Gasteiger partial charge on any atom is -0.507 e. The van der Waals surface area contributed by atoms with E-state index in [-0.39, 0.29) is 70.4 Å². The molecule has 2 aromatic rings. The number of fused-ring (bicyclic) bond motifs is 2. The van der Waals surface area contributed by atoms with E-state index in [1.807, 2.05) is 18.7 Å². The standard InChI is InChI=1S/C26H29ClFN5O4/c1-4-19(35)31-11-15(3)33-16(12-31)13-37-24-21(26(33)36)25(32-9-8-29-10-14(32)2)30-23(22(24)27)20-17(28)6-5-7-18(20)34/h4-7,14-16,29,34H,1,8-13H2,2-3H3/t14-,15+,16+/m0/s1. The van der Waals surface area contributed by atoms with Gasteiger partial charge in [0.2, 0.25) is 5.91 Å². The van der Waals surface area contributed by atoms with Crippen LogP contribution in [0.1, 0.15) is 24.2 Å². The average Bonchev–Trinajstić information content (AvgIpc) is 3.02. The maximum Gasteiger partial charge on any atom is 0.262 e. The third-order valence-electron chi connectivity index (χ3n) is 7.22. The van der Waals surface area contributed by atoms with Crippen molar-refractivity contribution in [3.05, 3.63) is 47.3 Å². The van der Waals surface area contributed by atoms with Gasteiger partial charge < -0.3 is 29.9 Å². The highest BCUT2D eigenvalue weighted by molar-refractivity contribution is 6.35. The summed E-state index contributed by atoms with van der Waals surface area (Å²) < 4.78 is 21.2. The SMILES string of the molecule is C=CC(=O)N1C[C@@H]2COc3c(Cl)c(-c4c(O)cccc4F)nc(N4CCNC[C@@H]4C)c3C(=O)N2[C@H](C)C1. The van der Waals surface area contributed by atoms with Gasteiger partial charge >= 0.3 is 0 Å². The molecule has 2 fully saturated rings. The number of hydrogen-bond acceptors (Lipinski definition) is 7. The maximum atomic E-state index is 15.0. The van der Waals surface area contributed by atoms with Crippen LogP contribution in [0.15, 0.2) is 30.9 Å². The number of phenols is 1. The van der Waals surface area contributed by atoms with Crippen LogP contribution in [0.25, 0.3) is 11.3 Å². The summed E-state index contributed by atoms with van der Waals surface area (Å²) in [6, 6.07) is 3.20. The Labute approximate surface area is 219 Å². The van der Waals surface area contributed by atoms with Gasteiger partial charge in [0.1, 0.15) is 40.3 Å². The first-order valence-corrected chi connectivity index (χ1v) is 12.7. The Morgan fingerprint density at radius 2 is 2.08 bits per heavy atom. The highest BCUT2D eigenvalue weighted by Crippen LogP contribution is 2.46. The summed E-state index contributed by atoms with van der Waals surface area (Å²) >= 11 is 6.78. The van der Waals surface area contributed by atoms with Gasteiger partial charge in [0, 0.05) is 44.8 Å². The van der Waals surface area contributed by atoms with Crippen LogP contribution in [-0.2, 0) is 4.79 Å². The van der Waals surface area contributed by atoms with E-state index in [4.69, 9.17) is 21.3 Å². The molecule has 2 amide bonds. The molecule has 3 atom stereocenters. The smallest absolute Gasteiger partial charge is 0.262 e. The zero-order chi connectivity index (χ0) is 26.4. The number of aromatic hydroxyl groups is 1. The Bertz CT molecular complexity index is 1250. The monoisotopic (exact) mass is 529 g/mol. The molecular weight excluding hydrogens is 501 g/mol. The van der Waals surface area contributed by atoms with Gasteiger partial charge in [0.05, 0.1) is 11.6 Å². The lowest BCUT2D eigenvalue weighted by Gasteiger charge is -2.44. The summed E-state index contributed by atoms with van der Waals surface area (Å²) in [4.78, 5) is 36.6. The zero-order valence-corrected chi connectivity index (χ0v) is 21.5. The molecule has 1 aromatic carbocycles. The number of amides is 2. The van der Waals surface area contributed by atoms with Gasteiger partial charge in [-0.3, -0.25) is 9.59 Å². The fourth-order valence-electron chi connectivity index (χ4n) is 5.43. The average molecular weight is 530 g/mol. The highest BCUT2D eigenvalue weighted by atomic mass is 35.5. The van der Waals surface area contributed by atoms with Crippen LogP contribution in [0.5, 0.6) is 11.5 Å². The summed E-state index contributed by atoms with van der Waals surface area (Å²) in [6.45, 7) is 10.0. The van der Waals surface area contributed by atoms with E-state index in [2.05, 4.69) is 11.9 Å². The predicted molar refractivity (Wildman–Crippen MR) is 138 cm³/mol. The number of carbonyl (C=O) groups is 2. The van der Waals surface area contributed by atoms with Crippen LogP contribution in [-0.4, -0.2) is 89.2 Å². The molecule has 5 rings (SSSR count). The van der Waals surface area contributed by atoms with Crippen molar-refractivity contribution in [2.75, 3.05) is 44.2 Å². The van der Waals surface area contributed by atoms with Crippen LogP contribution >= 0.6 is 11.6 Å². The second kappa shape index (κ2) is 9.83. The van der Waals surface area contributed by atoms with Crippen LogP contribution in [0.3, 0.4) is 0 Å². The molecule has 0 radical (unpaired) electrons. The lowest BCUT2D eigenvalue weighted by molar-refractivity contribution is -0.130. The fourth-order valence-corrected chi connectivity index (χ4v) is 5.72. The van der Waals surface area contributed by atoms with Crippen molar-refractivity contribution in [3.8, 4) is 22.8 Å². The van der Waals surface area contributed by atoms with E-state index in [0.717, 1.165) is 0 Å². The third kappa shape index (κ3) is 4.27. The Hall–Kier alpha value is -3.37. The number of phenolic OH excluding ortho intramolecular Hbond substituents is 1. The topological polar surface area (TPSA) is 98.2 Å². The van der Waals surface area contributed by atoms with E-state index < -0.39 is 11.9 Å². The normalized spacial score (nSPS) is 23.6. The molecule has 196 valence electrons. The molecule has 0 saturated carbocycles. The van der Waals surface area contributed by atoms with Gasteiger partial charge in [-0.05, 0) is 32.1 Å². The number of benzene rings is 1. The molecule has 0 unspecified atom stereocenters. The van der Waals surface area contributed by atoms with Gasteiger partial charge in [0.25, 0.3) is 5.91 Å². The Morgan fingerprint density at radius 3 is 2.78 bits per heavy atom. The molecule has 3 aliphatic heterocycles. The van der Waals surface area contributed by atoms with Crippen LogP contribution in [0.2, 0.25) is 5.02 Å². The fraction of sp³-hybridized carbons (Fsp3) is 0.423. The number of rotatable bonds is 3. The lowest BCUT2D eigenvalue weighted by Crippen LogP contribution is -2.61. The number of pyridine rings is 1. The number of nitrogens with one attached hydrogen (secondary N) is 1. The number of carbonyl (C=O) groups excluding carboxylic acids is 2. The van der Waals surface area contributed by atoms with E-state index in [1.165, 1.54) is 24.3 Å². The van der Waals surface area contributed by atoms with Crippen molar-refractivity contribution in [2.45, 2.75) is 32.0 Å². The molecule has 1 aromatic heterocycles. The van der Waals surface area contributed by atoms with E-state index in [1.54, 1.807) is 9.80 Å². The summed E-state index contributed by atoms with van der Waals surface area (Å²) in [6.07, 6.45) is 1.26. The number of aromatic nitrogens is 1. The van der Waals surface area contributed by atoms with E-state index in [9.17, 15) is 19.1 Å². The second-order valence-corrected chi connectivity index (χ2v) is 10.0. The molecule has 4 heterocycles. The second-order valence-electron chi connectivity index (χ2n) is 9.66. The minimum absolute atomic E-state index is 0.000862. The number of ether oxygens (including phenoxy) is 1. The molecule has 0 spiro atoms. The molecule has 0 bridgehead atoms. The quantitative estimate of drug-likeness (QED) is 0.590. The summed E-state index contributed by atoms with van der Waals surface area (Å²) in [7, 11) is 0. The first-order valence-electron chi connectivity index (χ1n) is 12.3. The van der Waals surface area contributed by atoms with Crippen molar-refractivity contribution >= 4 is 29.2 Å². The number of hydrogen-bond donors (Lipinski definition) is 2. The third-order valence-corrected chi connectivity index (χ3v) is 7.57. The van der Waals surface area contributed by atoms with Gasteiger partial charge in [-0.25, -0.2) is 9.37 Å².